The summed E-state index contributed by atoms with van der Waals surface area (Å²) in [6, 6.07) is 27.4. The van der Waals surface area contributed by atoms with E-state index in [1.807, 2.05) is 133 Å². The van der Waals surface area contributed by atoms with Crippen molar-refractivity contribution in [1.82, 2.24) is 64.1 Å². The number of amides is 4. The van der Waals surface area contributed by atoms with Crippen molar-refractivity contribution in [2.45, 2.75) is 78.7 Å². The molecule has 3 N–H and O–H groups in total. The third kappa shape index (κ3) is 13.8. The predicted octanol–water partition coefficient (Wildman–Crippen LogP) is 8.02. The molecule has 24 heteroatoms. The Labute approximate surface area is 483 Å². The minimum absolute atomic E-state index is 0.0958. The molecule has 2 saturated heterocycles. The molecule has 6 heterocycles. The zero-order valence-electron chi connectivity index (χ0n) is 47.9. The largest absolute Gasteiger partial charge is 0.497 e. The molecule has 10 rings (SSSR count). The van der Waals surface area contributed by atoms with Gasteiger partial charge in [-0.25, -0.2) is 29.5 Å². The number of fused-ring (bicyclic) bond motifs is 6. The molecule has 4 amide bonds. The summed E-state index contributed by atoms with van der Waals surface area (Å²) in [7, 11) is 3.25. The van der Waals surface area contributed by atoms with Gasteiger partial charge in [0.1, 0.15) is 34.8 Å². The van der Waals surface area contributed by atoms with E-state index in [1.165, 1.54) is 0 Å². The van der Waals surface area contributed by atoms with Crippen molar-refractivity contribution in [3.05, 3.63) is 95.5 Å². The molecule has 0 bridgehead atoms. The number of anilines is 2. The molecule has 2 fully saturated rings. The maximum atomic E-state index is 13.4. The Morgan fingerprint density at radius 3 is 1.59 bits per heavy atom. The first-order chi connectivity index (χ1) is 39.1. The summed E-state index contributed by atoms with van der Waals surface area (Å²) in [6.45, 7) is 20.2. The first-order valence-corrected chi connectivity index (χ1v) is 28.0. The summed E-state index contributed by atoms with van der Waals surface area (Å²) in [5, 5.41) is 20.7. The summed E-state index contributed by atoms with van der Waals surface area (Å²) in [4.78, 5) is 77.7. The summed E-state index contributed by atoms with van der Waals surface area (Å²) < 4.78 is 25.6. The van der Waals surface area contributed by atoms with Gasteiger partial charge >= 0.3 is 12.2 Å². The van der Waals surface area contributed by atoms with E-state index in [0.29, 0.717) is 92.7 Å². The molecular weight excluding hydrogens is 1110 g/mol. The summed E-state index contributed by atoms with van der Waals surface area (Å²) in [5.41, 5.74) is 3.31. The van der Waals surface area contributed by atoms with E-state index in [-0.39, 0.29) is 24.0 Å². The van der Waals surface area contributed by atoms with Crippen LogP contribution in [-0.2, 0) is 19.1 Å². The molecule has 8 aromatic rings. The molecule has 82 heavy (non-hydrogen) atoms. The topological polar surface area (TPSA) is 240 Å². The van der Waals surface area contributed by atoms with Gasteiger partial charge in [-0.3, -0.25) is 14.5 Å². The van der Waals surface area contributed by atoms with E-state index < -0.39 is 23.3 Å². The second-order valence-electron chi connectivity index (χ2n) is 21.9. The number of aromatic nitrogens is 8. The van der Waals surface area contributed by atoms with Crippen molar-refractivity contribution in [3.63, 3.8) is 0 Å². The third-order valence-electron chi connectivity index (χ3n) is 13.6. The number of para-hydroxylation sites is 2. The van der Waals surface area contributed by atoms with Crippen LogP contribution >= 0.6 is 15.9 Å². The van der Waals surface area contributed by atoms with Gasteiger partial charge in [-0.15, -0.1) is 10.2 Å². The van der Waals surface area contributed by atoms with Crippen molar-refractivity contribution in [2.24, 2.45) is 0 Å². The Bertz CT molecular complexity index is 3580. The number of carbonyl (C=O) groups excluding carboxylic acids is 4. The van der Waals surface area contributed by atoms with E-state index in [0.717, 1.165) is 56.5 Å². The number of piperazine rings is 2. The van der Waals surface area contributed by atoms with Gasteiger partial charge in [-0.05, 0) is 144 Å². The fraction of sp³-hybridized carbons (Fsp3) is 0.414. The molecule has 4 aromatic heterocycles. The predicted molar refractivity (Wildman–Crippen MR) is 316 cm³/mol. The van der Waals surface area contributed by atoms with E-state index in [1.54, 1.807) is 51.8 Å². The zero-order valence-corrected chi connectivity index (χ0v) is 49.5. The quantitative estimate of drug-likeness (QED) is 0.0990. The Kier molecular flexibility index (Phi) is 17.6. The van der Waals surface area contributed by atoms with Crippen LogP contribution in [0.25, 0.3) is 55.9 Å². The number of ether oxygens (including phenoxy) is 4. The number of nitrogens with zero attached hydrogens (tertiary/aromatic N) is 12. The van der Waals surface area contributed by atoms with Crippen LogP contribution in [0, 0.1) is 0 Å². The minimum Gasteiger partial charge on any atom is -0.497 e. The van der Waals surface area contributed by atoms with Gasteiger partial charge in [-0.2, -0.15) is 9.03 Å². The monoisotopic (exact) mass is 1180 g/mol. The number of nitrogens with one attached hydrogen (secondary N) is 3. The zero-order chi connectivity index (χ0) is 58.5. The van der Waals surface area contributed by atoms with Crippen LogP contribution in [0.2, 0.25) is 0 Å². The highest BCUT2D eigenvalue weighted by Gasteiger charge is 2.31. The molecule has 2 aliphatic rings. The Morgan fingerprint density at radius 2 is 1.05 bits per heavy atom. The number of halogens is 1. The number of carbonyl (C=O) groups is 4. The Hall–Kier alpha value is -8.38. The number of hydrogen-bond acceptors (Lipinski definition) is 17. The third-order valence-corrected chi connectivity index (χ3v) is 14.2. The van der Waals surface area contributed by atoms with Crippen LogP contribution in [0.5, 0.6) is 11.5 Å². The average Bonchev–Trinajstić information content (AvgIpc) is 3.19. The minimum atomic E-state index is -0.600. The molecule has 0 saturated carbocycles. The number of rotatable bonds is 13. The summed E-state index contributed by atoms with van der Waals surface area (Å²) in [5.74, 6) is 3.14. The van der Waals surface area contributed by atoms with E-state index in [2.05, 4.69) is 36.8 Å². The SMILES string of the molecule is COc1ccc(-c2nc3c4cccc(Br)c4nc(NC(C)C(=O)N4CCN(C(=O)OC(C)(C)C)CC4)n3n2)cc1.COc1ccc(-c2nc3c4ccccc4nc(NC(C)C(=O)NCCN4CCN(C(=O)OC(C)(C)C)CC4)n3n2)cc1. The van der Waals surface area contributed by atoms with Gasteiger partial charge in [0.05, 0.1) is 25.3 Å². The lowest BCUT2D eigenvalue weighted by atomic mass is 10.2. The van der Waals surface area contributed by atoms with E-state index in [4.69, 9.17) is 49.1 Å². The van der Waals surface area contributed by atoms with E-state index in [9.17, 15) is 19.2 Å². The highest BCUT2D eigenvalue weighted by molar-refractivity contribution is 9.10. The van der Waals surface area contributed by atoms with Gasteiger partial charge in [0.15, 0.2) is 22.9 Å². The average molecular weight is 1190 g/mol. The van der Waals surface area contributed by atoms with Crippen LogP contribution in [0.3, 0.4) is 0 Å². The molecule has 2 atom stereocenters. The van der Waals surface area contributed by atoms with Crippen molar-refractivity contribution in [3.8, 4) is 34.3 Å². The van der Waals surface area contributed by atoms with E-state index >= 15 is 0 Å². The highest BCUT2D eigenvalue weighted by Crippen LogP contribution is 2.31. The molecule has 432 valence electrons. The van der Waals surface area contributed by atoms with Gasteiger partial charge in [-0.1, -0.05) is 18.2 Å². The fourth-order valence-corrected chi connectivity index (χ4v) is 9.71. The maximum Gasteiger partial charge on any atom is 0.410 e. The van der Waals surface area contributed by atoms with Gasteiger partial charge < -0.3 is 49.6 Å². The summed E-state index contributed by atoms with van der Waals surface area (Å²) in [6.07, 6.45) is -0.645. The molecule has 0 spiro atoms. The van der Waals surface area contributed by atoms with Gasteiger partial charge in [0.2, 0.25) is 23.7 Å². The van der Waals surface area contributed by atoms with Crippen LogP contribution < -0.4 is 25.4 Å². The lowest BCUT2D eigenvalue weighted by Crippen LogP contribution is -2.54. The number of methoxy groups -OCH3 is 2. The van der Waals surface area contributed by atoms with Crippen LogP contribution in [0.1, 0.15) is 55.4 Å². The summed E-state index contributed by atoms with van der Waals surface area (Å²) >= 11 is 3.60. The number of hydrogen-bond donors (Lipinski definition) is 3. The normalized spacial score (nSPS) is 14.9. The second kappa shape index (κ2) is 24.8. The van der Waals surface area contributed by atoms with Gasteiger partial charge in [0, 0.05) is 91.8 Å². The molecule has 0 aliphatic carbocycles. The van der Waals surface area contributed by atoms with Crippen molar-refractivity contribution >= 4 is 84.9 Å². The van der Waals surface area contributed by atoms with Gasteiger partial charge in [0.25, 0.3) is 0 Å². The number of benzene rings is 4. The first kappa shape index (κ1) is 58.3. The first-order valence-electron chi connectivity index (χ1n) is 27.2. The molecule has 23 nitrogen and oxygen atoms in total. The molecule has 4 aromatic carbocycles. The van der Waals surface area contributed by atoms with Crippen molar-refractivity contribution in [1.29, 1.82) is 0 Å². The van der Waals surface area contributed by atoms with Crippen LogP contribution in [0.15, 0.2) is 95.5 Å². The highest BCUT2D eigenvalue weighted by atomic mass is 79.9. The Morgan fingerprint density at radius 1 is 0.573 bits per heavy atom. The van der Waals surface area contributed by atoms with Crippen LogP contribution in [-0.4, -0.2) is 186 Å². The van der Waals surface area contributed by atoms with Crippen LogP contribution in [0.4, 0.5) is 21.5 Å². The fourth-order valence-electron chi connectivity index (χ4n) is 9.26. The Balaban J connectivity index is 0.000000198. The lowest BCUT2D eigenvalue weighted by Gasteiger charge is -2.36. The van der Waals surface area contributed by atoms with Crippen molar-refractivity contribution < 1.29 is 38.1 Å². The lowest BCUT2D eigenvalue weighted by molar-refractivity contribution is -0.133. The molecule has 2 unspecified atom stereocenters. The molecule has 0 radical (unpaired) electrons. The molecule has 2 aliphatic heterocycles. The second-order valence-corrected chi connectivity index (χ2v) is 22.8. The smallest absolute Gasteiger partial charge is 0.410 e. The maximum absolute atomic E-state index is 13.4. The van der Waals surface area contributed by atoms with Crippen molar-refractivity contribution in [2.75, 3.05) is 90.3 Å². The molecular formula is C58H70BrN15O8. The standard InChI is InChI=1S/C30H38N8O4.C28H32BrN7O4/c1-20(27(39)31-14-15-36-16-18-37(19-17-36)29(40)42-30(2,3)4)32-28-33-24-9-7-6-8-23(24)26-34-25(35-38(26)28)21-10-12-22(41-5)13-11-21;1-17(25(37)34-13-15-35(16-14-34)27(38)40-28(2,3)4)30-26-31-22-20(7-6-8-21(22)29)24-32-23(33-36(24)26)18-9-11-19(39-5)12-10-18/h6-13,20H,14-19H2,1-5H3,(H,31,39)(H,32,33);6-12,17H,13-16H2,1-5H3,(H,30,31).